The number of para-hydroxylation sites is 1. The average Bonchev–Trinajstić information content (AvgIpc) is 2.66. The molecule has 1 aromatic heterocycles. The molecule has 0 bridgehead atoms. The number of nitrogens with zero attached hydrogens (tertiary/aromatic N) is 2. The average molecular weight is 247 g/mol. The summed E-state index contributed by atoms with van der Waals surface area (Å²) >= 11 is 0. The van der Waals surface area contributed by atoms with E-state index in [1.165, 1.54) is 0 Å². The number of nitrogen functional groups attached to an aromatic ring is 1. The molecule has 0 saturated carbocycles. The quantitative estimate of drug-likeness (QED) is 0.902. The molecule has 0 saturated heterocycles. The molecule has 0 aliphatic rings. The van der Waals surface area contributed by atoms with Gasteiger partial charge < -0.3 is 15.0 Å². The maximum atomic E-state index is 6.05. The summed E-state index contributed by atoms with van der Waals surface area (Å²) in [6.07, 6.45) is 0. The number of rotatable bonds is 4. The van der Waals surface area contributed by atoms with E-state index in [0.29, 0.717) is 24.5 Å². The number of hydrogen-bond donors (Lipinski definition) is 1. The van der Waals surface area contributed by atoms with Crippen LogP contribution in [0.5, 0.6) is 5.75 Å². The second-order valence-corrected chi connectivity index (χ2v) is 4.88. The molecule has 1 aromatic carbocycles. The SMILES string of the molecule is CCOc1cccc2c1nc(N)n2C(C)C(C)C. The van der Waals surface area contributed by atoms with Crippen molar-refractivity contribution in [2.45, 2.75) is 33.7 Å². The number of nitrogens with two attached hydrogens (primary N) is 1. The summed E-state index contributed by atoms with van der Waals surface area (Å²) in [7, 11) is 0. The number of hydrogen-bond acceptors (Lipinski definition) is 3. The second kappa shape index (κ2) is 4.88. The second-order valence-electron chi connectivity index (χ2n) is 4.88. The van der Waals surface area contributed by atoms with Crippen molar-refractivity contribution in [2.75, 3.05) is 12.3 Å². The minimum absolute atomic E-state index is 0.312. The molecule has 1 heterocycles. The molecule has 18 heavy (non-hydrogen) atoms. The first-order chi connectivity index (χ1) is 8.56. The van der Waals surface area contributed by atoms with Crippen LogP contribution >= 0.6 is 0 Å². The maximum absolute atomic E-state index is 6.05. The van der Waals surface area contributed by atoms with Crippen LogP contribution in [0.25, 0.3) is 11.0 Å². The standard InChI is InChI=1S/C14H21N3O/c1-5-18-12-8-6-7-11-13(12)16-14(15)17(11)10(4)9(2)3/h6-10H,5H2,1-4H3,(H2,15,16). The molecule has 4 heteroatoms. The Balaban J connectivity index is 2.61. The van der Waals surface area contributed by atoms with Gasteiger partial charge in [0.1, 0.15) is 11.3 Å². The van der Waals surface area contributed by atoms with Gasteiger partial charge in [-0.25, -0.2) is 4.98 Å². The molecule has 98 valence electrons. The molecule has 0 aliphatic carbocycles. The molecule has 0 amide bonds. The summed E-state index contributed by atoms with van der Waals surface area (Å²) in [5, 5.41) is 0. The summed E-state index contributed by atoms with van der Waals surface area (Å²) in [5.41, 5.74) is 7.95. The van der Waals surface area contributed by atoms with E-state index in [0.717, 1.165) is 16.8 Å². The molecule has 4 nitrogen and oxygen atoms in total. The molecular weight excluding hydrogens is 226 g/mol. The first-order valence-corrected chi connectivity index (χ1v) is 6.45. The van der Waals surface area contributed by atoms with E-state index in [-0.39, 0.29) is 0 Å². The van der Waals surface area contributed by atoms with Gasteiger partial charge >= 0.3 is 0 Å². The zero-order chi connectivity index (χ0) is 13.3. The minimum Gasteiger partial charge on any atom is -0.492 e. The molecule has 0 radical (unpaired) electrons. The van der Waals surface area contributed by atoms with Crippen molar-refractivity contribution in [3.63, 3.8) is 0 Å². The van der Waals surface area contributed by atoms with Crippen molar-refractivity contribution >= 4 is 17.0 Å². The van der Waals surface area contributed by atoms with Crippen molar-refractivity contribution in [3.8, 4) is 5.75 Å². The Hall–Kier alpha value is -1.71. The molecule has 0 spiro atoms. The third-order valence-electron chi connectivity index (χ3n) is 3.38. The number of fused-ring (bicyclic) bond motifs is 1. The smallest absolute Gasteiger partial charge is 0.201 e. The number of aromatic nitrogens is 2. The Morgan fingerprint density at radius 2 is 2.06 bits per heavy atom. The van der Waals surface area contributed by atoms with E-state index in [1.807, 2.05) is 25.1 Å². The highest BCUT2D eigenvalue weighted by molar-refractivity contribution is 5.84. The summed E-state index contributed by atoms with van der Waals surface area (Å²) in [6.45, 7) is 9.13. The predicted molar refractivity (Wildman–Crippen MR) is 74.9 cm³/mol. The van der Waals surface area contributed by atoms with E-state index in [4.69, 9.17) is 10.5 Å². The Bertz CT molecular complexity index is 545. The number of benzene rings is 1. The van der Waals surface area contributed by atoms with Gasteiger partial charge in [0.05, 0.1) is 12.1 Å². The van der Waals surface area contributed by atoms with Crippen molar-refractivity contribution in [3.05, 3.63) is 18.2 Å². The van der Waals surface area contributed by atoms with Gasteiger partial charge in [-0.2, -0.15) is 0 Å². The molecule has 0 aliphatic heterocycles. The lowest BCUT2D eigenvalue weighted by molar-refractivity contribution is 0.343. The first kappa shape index (κ1) is 12.7. The van der Waals surface area contributed by atoms with Gasteiger partial charge in [0.2, 0.25) is 5.95 Å². The zero-order valence-corrected chi connectivity index (χ0v) is 11.5. The van der Waals surface area contributed by atoms with Crippen molar-refractivity contribution in [2.24, 2.45) is 5.92 Å². The number of anilines is 1. The molecule has 1 unspecified atom stereocenters. The Kier molecular flexibility index (Phi) is 3.45. The third kappa shape index (κ3) is 2.03. The zero-order valence-electron chi connectivity index (χ0n) is 11.5. The van der Waals surface area contributed by atoms with E-state index >= 15 is 0 Å². The summed E-state index contributed by atoms with van der Waals surface area (Å²) in [6, 6.07) is 6.27. The molecule has 0 fully saturated rings. The van der Waals surface area contributed by atoms with Gasteiger partial charge in [0, 0.05) is 6.04 Å². The summed E-state index contributed by atoms with van der Waals surface area (Å²) in [4.78, 5) is 4.45. The van der Waals surface area contributed by atoms with Crippen molar-refractivity contribution in [1.82, 2.24) is 9.55 Å². The highest BCUT2D eigenvalue weighted by Gasteiger charge is 2.18. The minimum atomic E-state index is 0.312. The van der Waals surface area contributed by atoms with Crippen LogP contribution < -0.4 is 10.5 Å². The summed E-state index contributed by atoms with van der Waals surface area (Å²) in [5.74, 6) is 1.86. The largest absolute Gasteiger partial charge is 0.492 e. The van der Waals surface area contributed by atoms with E-state index in [1.54, 1.807) is 0 Å². The van der Waals surface area contributed by atoms with Gasteiger partial charge in [-0.15, -0.1) is 0 Å². The van der Waals surface area contributed by atoms with Crippen LogP contribution in [-0.2, 0) is 0 Å². The van der Waals surface area contributed by atoms with Gasteiger partial charge in [-0.1, -0.05) is 19.9 Å². The number of ether oxygens (including phenoxy) is 1. The topological polar surface area (TPSA) is 53.1 Å². The molecule has 2 rings (SSSR count). The van der Waals surface area contributed by atoms with Crippen LogP contribution in [0.2, 0.25) is 0 Å². The van der Waals surface area contributed by atoms with E-state index in [9.17, 15) is 0 Å². The Morgan fingerprint density at radius 1 is 1.33 bits per heavy atom. The third-order valence-corrected chi connectivity index (χ3v) is 3.38. The molecule has 1 atom stereocenters. The normalized spacial score (nSPS) is 13.2. The van der Waals surface area contributed by atoms with Crippen LogP contribution in [-0.4, -0.2) is 16.2 Å². The van der Waals surface area contributed by atoms with Gasteiger partial charge in [-0.3, -0.25) is 0 Å². The number of imidazole rings is 1. The molecule has 2 N–H and O–H groups in total. The molecule has 2 aromatic rings. The van der Waals surface area contributed by atoms with Gasteiger partial charge in [0.25, 0.3) is 0 Å². The van der Waals surface area contributed by atoms with Crippen molar-refractivity contribution in [1.29, 1.82) is 0 Å². The van der Waals surface area contributed by atoms with E-state index in [2.05, 4.69) is 30.3 Å². The Labute approximate surface area is 108 Å². The van der Waals surface area contributed by atoms with Crippen LogP contribution in [0.1, 0.15) is 33.7 Å². The fourth-order valence-electron chi connectivity index (χ4n) is 2.11. The van der Waals surface area contributed by atoms with Crippen molar-refractivity contribution < 1.29 is 4.74 Å². The van der Waals surface area contributed by atoms with E-state index < -0.39 is 0 Å². The van der Waals surface area contributed by atoms with Crippen LogP contribution in [0.3, 0.4) is 0 Å². The lowest BCUT2D eigenvalue weighted by Gasteiger charge is -2.19. The Morgan fingerprint density at radius 3 is 2.67 bits per heavy atom. The fraction of sp³-hybridized carbons (Fsp3) is 0.500. The molecular formula is C14H21N3O. The van der Waals surface area contributed by atoms with Crippen LogP contribution in [0.15, 0.2) is 18.2 Å². The highest BCUT2D eigenvalue weighted by atomic mass is 16.5. The fourth-order valence-corrected chi connectivity index (χ4v) is 2.11. The lowest BCUT2D eigenvalue weighted by Crippen LogP contribution is -2.13. The van der Waals surface area contributed by atoms with Gasteiger partial charge in [0.15, 0.2) is 0 Å². The van der Waals surface area contributed by atoms with Crippen LogP contribution in [0.4, 0.5) is 5.95 Å². The highest BCUT2D eigenvalue weighted by Crippen LogP contribution is 2.31. The monoisotopic (exact) mass is 247 g/mol. The maximum Gasteiger partial charge on any atom is 0.201 e. The predicted octanol–water partition coefficient (Wildman–Crippen LogP) is 3.23. The van der Waals surface area contributed by atoms with Crippen LogP contribution in [0, 0.1) is 5.92 Å². The first-order valence-electron chi connectivity index (χ1n) is 6.45. The van der Waals surface area contributed by atoms with Gasteiger partial charge in [-0.05, 0) is 31.9 Å². The summed E-state index contributed by atoms with van der Waals surface area (Å²) < 4.78 is 7.68. The lowest BCUT2D eigenvalue weighted by atomic mass is 10.1.